The Hall–Kier alpha value is -4.54. The van der Waals surface area contributed by atoms with E-state index < -0.39 is 12.1 Å². The minimum absolute atomic E-state index is 0.0894. The topological polar surface area (TPSA) is 146 Å². The summed E-state index contributed by atoms with van der Waals surface area (Å²) in [7, 11) is 0. The number of hydrogen-bond donors (Lipinski definition) is 2. The molecule has 190 valence electrons. The first-order valence-corrected chi connectivity index (χ1v) is 12.5. The number of pyridine rings is 2. The Bertz CT molecular complexity index is 1570. The molecule has 1 atom stereocenters. The van der Waals surface area contributed by atoms with Gasteiger partial charge in [0, 0.05) is 17.5 Å². The number of carbonyl (C=O) groups is 2. The van der Waals surface area contributed by atoms with Crippen molar-refractivity contribution in [3.05, 3.63) is 84.1 Å². The number of hydrogen-bond acceptors (Lipinski definition) is 8. The molecule has 3 aliphatic rings. The highest BCUT2D eigenvalue weighted by Gasteiger charge is 2.46. The van der Waals surface area contributed by atoms with Crippen molar-refractivity contribution >= 4 is 35.0 Å². The molecule has 1 amide bonds. The van der Waals surface area contributed by atoms with Crippen molar-refractivity contribution in [1.29, 1.82) is 0 Å². The highest BCUT2D eigenvalue weighted by molar-refractivity contribution is 6.02. The molecular formula is C28H26N7O3+. The highest BCUT2D eigenvalue weighted by Crippen LogP contribution is 2.41. The SMILES string of the molecule is NC(=O)OC(=O)C1CCC(C2=C3C=NC=C[N+]3(N)C(c3ccc4ccc(-c5ccccn5)nc4c3)=N2)CC1. The van der Waals surface area contributed by atoms with E-state index in [1.165, 1.54) is 0 Å². The maximum Gasteiger partial charge on any atom is 0.412 e. The molecular weight excluding hydrogens is 482 g/mol. The zero-order valence-corrected chi connectivity index (χ0v) is 20.5. The highest BCUT2D eigenvalue weighted by atomic mass is 16.6. The van der Waals surface area contributed by atoms with Crippen molar-refractivity contribution in [2.75, 3.05) is 0 Å². The zero-order valence-electron chi connectivity index (χ0n) is 20.5. The summed E-state index contributed by atoms with van der Waals surface area (Å²) in [5.74, 6) is 6.80. The van der Waals surface area contributed by atoms with E-state index in [-0.39, 0.29) is 16.4 Å². The Kier molecular flexibility index (Phi) is 5.90. The van der Waals surface area contributed by atoms with E-state index in [2.05, 4.69) is 14.7 Å². The average Bonchev–Trinajstić information content (AvgIpc) is 3.25. The normalized spacial score (nSPS) is 24.3. The van der Waals surface area contributed by atoms with Crippen LogP contribution in [-0.2, 0) is 9.53 Å². The van der Waals surface area contributed by atoms with E-state index in [9.17, 15) is 9.59 Å². The van der Waals surface area contributed by atoms with Crippen LogP contribution < -0.4 is 11.6 Å². The summed E-state index contributed by atoms with van der Waals surface area (Å²) in [4.78, 5) is 41.8. The molecule has 6 rings (SSSR count). The number of aliphatic imine (C=N–C) groups is 2. The van der Waals surface area contributed by atoms with Gasteiger partial charge in [0.05, 0.1) is 40.8 Å². The number of benzene rings is 1. The second-order valence-corrected chi connectivity index (χ2v) is 9.67. The van der Waals surface area contributed by atoms with Gasteiger partial charge in [-0.05, 0) is 56.0 Å². The van der Waals surface area contributed by atoms with Gasteiger partial charge in [-0.15, -0.1) is 4.59 Å². The second kappa shape index (κ2) is 9.40. The largest absolute Gasteiger partial charge is 0.412 e. The number of nitrogens with zero attached hydrogens (tertiary/aromatic N) is 5. The molecule has 1 unspecified atom stereocenters. The van der Waals surface area contributed by atoms with Crippen LogP contribution in [0.3, 0.4) is 0 Å². The van der Waals surface area contributed by atoms with E-state index in [0.29, 0.717) is 31.5 Å². The maximum absolute atomic E-state index is 12.1. The number of allylic oxidation sites excluding steroid dienone is 2. The molecule has 1 fully saturated rings. The minimum atomic E-state index is -1.07. The van der Waals surface area contributed by atoms with Crippen molar-refractivity contribution in [1.82, 2.24) is 9.97 Å². The van der Waals surface area contributed by atoms with Gasteiger partial charge >= 0.3 is 12.1 Å². The number of primary amides is 1. The molecule has 0 radical (unpaired) electrons. The van der Waals surface area contributed by atoms with Gasteiger partial charge in [0.2, 0.25) is 5.70 Å². The molecule has 0 spiro atoms. The first kappa shape index (κ1) is 23.8. The van der Waals surface area contributed by atoms with Crippen LogP contribution in [0.25, 0.3) is 22.3 Å². The first-order valence-electron chi connectivity index (χ1n) is 12.5. The molecule has 2 aliphatic heterocycles. The third-order valence-electron chi connectivity index (χ3n) is 7.35. The first-order chi connectivity index (χ1) is 18.4. The van der Waals surface area contributed by atoms with E-state index in [4.69, 9.17) is 21.6 Å². The summed E-state index contributed by atoms with van der Waals surface area (Å²) in [6.45, 7) is 0. The molecule has 38 heavy (non-hydrogen) atoms. The Balaban J connectivity index is 1.32. The molecule has 4 heterocycles. The van der Waals surface area contributed by atoms with Crippen LogP contribution in [0.15, 0.2) is 88.5 Å². The van der Waals surface area contributed by atoms with Crippen LogP contribution >= 0.6 is 0 Å². The fraction of sp³-hybridized carbons (Fsp3) is 0.214. The van der Waals surface area contributed by atoms with E-state index in [0.717, 1.165) is 39.2 Å². The lowest BCUT2D eigenvalue weighted by Crippen LogP contribution is -2.53. The minimum Gasteiger partial charge on any atom is -0.376 e. The molecule has 10 heteroatoms. The molecule has 1 aromatic carbocycles. The number of fused-ring (bicyclic) bond motifs is 2. The van der Waals surface area contributed by atoms with Crippen LogP contribution in [0, 0.1) is 11.8 Å². The Morgan fingerprint density at radius 3 is 2.58 bits per heavy atom. The molecule has 3 aromatic rings. The standard InChI is InChI=1S/C28H25N7O3/c29-28(37)38-27(36)19-7-5-18(6-8-19)25-24-16-31-13-14-35(24,30)26(34-25)20-9-4-17-10-11-22(33-23(17)15-20)21-3-1-2-12-32-21/h1-4,9-16,18-19H,5-8,30H2,(H-,29,37)/p+1. The van der Waals surface area contributed by atoms with E-state index >= 15 is 0 Å². The summed E-state index contributed by atoms with van der Waals surface area (Å²) in [5, 5.41) is 1.00. The van der Waals surface area contributed by atoms with Gasteiger partial charge in [0.1, 0.15) is 11.9 Å². The molecule has 0 saturated heterocycles. The molecule has 0 bridgehead atoms. The third-order valence-corrected chi connectivity index (χ3v) is 7.35. The number of rotatable bonds is 4. The number of quaternary nitrogens is 1. The van der Waals surface area contributed by atoms with Gasteiger partial charge in [-0.3, -0.25) is 14.8 Å². The fourth-order valence-corrected chi connectivity index (χ4v) is 5.40. The van der Waals surface area contributed by atoms with Crippen molar-refractivity contribution in [3.8, 4) is 11.4 Å². The summed E-state index contributed by atoms with van der Waals surface area (Å²) in [5.41, 5.74) is 9.95. The number of ether oxygens (including phenoxy) is 1. The molecule has 4 N–H and O–H groups in total. The molecule has 10 nitrogen and oxygen atoms in total. The van der Waals surface area contributed by atoms with Crippen molar-refractivity contribution < 1.29 is 18.9 Å². The van der Waals surface area contributed by atoms with Crippen LogP contribution in [0.4, 0.5) is 4.79 Å². The lowest BCUT2D eigenvalue weighted by molar-refractivity contribution is -0.750. The predicted molar refractivity (Wildman–Crippen MR) is 142 cm³/mol. The van der Waals surface area contributed by atoms with Gasteiger partial charge in [0.15, 0.2) is 0 Å². The lowest BCUT2D eigenvalue weighted by atomic mass is 9.80. The quantitative estimate of drug-likeness (QED) is 0.236. The fourth-order valence-electron chi connectivity index (χ4n) is 5.40. The Labute approximate surface area is 218 Å². The van der Waals surface area contributed by atoms with Crippen molar-refractivity contribution in [3.63, 3.8) is 0 Å². The van der Waals surface area contributed by atoms with Crippen LogP contribution in [0.2, 0.25) is 0 Å². The number of carbonyl (C=O) groups excluding carboxylic acids is 2. The van der Waals surface area contributed by atoms with Crippen molar-refractivity contribution in [2.45, 2.75) is 25.7 Å². The Morgan fingerprint density at radius 1 is 1.00 bits per heavy atom. The number of amidine groups is 1. The third kappa shape index (κ3) is 4.19. The number of amides is 1. The number of nitrogens with two attached hydrogens (primary N) is 2. The van der Waals surface area contributed by atoms with Crippen LogP contribution in [0.5, 0.6) is 0 Å². The van der Waals surface area contributed by atoms with Gasteiger partial charge < -0.3 is 10.5 Å². The Morgan fingerprint density at radius 2 is 1.82 bits per heavy atom. The van der Waals surface area contributed by atoms with Crippen molar-refractivity contribution in [2.24, 2.45) is 33.4 Å². The van der Waals surface area contributed by atoms with Gasteiger partial charge in [-0.1, -0.05) is 18.2 Å². The van der Waals surface area contributed by atoms with E-state index in [1.807, 2.05) is 54.7 Å². The van der Waals surface area contributed by atoms with E-state index in [1.54, 1.807) is 18.6 Å². The molecule has 1 aliphatic carbocycles. The lowest BCUT2D eigenvalue weighted by Gasteiger charge is -2.28. The second-order valence-electron chi connectivity index (χ2n) is 9.67. The van der Waals surface area contributed by atoms with Gasteiger partial charge in [-0.25, -0.2) is 9.78 Å². The molecule has 1 saturated carbocycles. The summed E-state index contributed by atoms with van der Waals surface area (Å²) >= 11 is 0. The smallest absolute Gasteiger partial charge is 0.376 e. The monoisotopic (exact) mass is 508 g/mol. The zero-order chi connectivity index (χ0) is 26.3. The number of esters is 1. The van der Waals surface area contributed by atoms with Gasteiger partial charge in [-0.2, -0.15) is 10.8 Å². The van der Waals surface area contributed by atoms with Crippen LogP contribution in [0.1, 0.15) is 31.2 Å². The molecule has 2 aromatic heterocycles. The predicted octanol–water partition coefficient (Wildman–Crippen LogP) is 3.94. The maximum atomic E-state index is 12.1. The average molecular weight is 509 g/mol. The van der Waals surface area contributed by atoms with Crippen LogP contribution in [-0.4, -0.2) is 38.7 Å². The number of aromatic nitrogens is 2. The summed E-state index contributed by atoms with van der Waals surface area (Å²) in [6, 6.07) is 15.8. The van der Waals surface area contributed by atoms with Gasteiger partial charge in [0.25, 0.3) is 5.84 Å². The summed E-state index contributed by atoms with van der Waals surface area (Å²) < 4.78 is 4.51. The summed E-state index contributed by atoms with van der Waals surface area (Å²) in [6.07, 6.45) is 8.50.